The van der Waals surface area contributed by atoms with Crippen LogP contribution in [-0.4, -0.2) is 17.0 Å². The molecule has 5 heteroatoms. The maximum Gasteiger partial charge on any atom is 0.307 e. The summed E-state index contributed by atoms with van der Waals surface area (Å²) in [6.07, 6.45) is 1.20. The van der Waals surface area contributed by atoms with Crippen molar-refractivity contribution in [2.24, 2.45) is 17.8 Å². The Labute approximate surface area is 118 Å². The lowest BCUT2D eigenvalue weighted by Gasteiger charge is -2.18. The zero-order valence-corrected chi connectivity index (χ0v) is 12.1. The highest BCUT2D eigenvalue weighted by Gasteiger charge is 2.41. The number of amides is 1. The molecule has 2 rings (SSSR count). The summed E-state index contributed by atoms with van der Waals surface area (Å²) >= 11 is 0. The van der Waals surface area contributed by atoms with Gasteiger partial charge in [-0.25, -0.2) is 0 Å². The second kappa shape index (κ2) is 5.69. The van der Waals surface area contributed by atoms with Crippen LogP contribution in [-0.2, 0) is 9.59 Å². The van der Waals surface area contributed by atoms with Gasteiger partial charge in [-0.15, -0.1) is 0 Å². The minimum Gasteiger partial charge on any atom is -0.481 e. The molecule has 1 aromatic heterocycles. The van der Waals surface area contributed by atoms with Gasteiger partial charge in [-0.05, 0) is 44.7 Å². The summed E-state index contributed by atoms with van der Waals surface area (Å²) in [6, 6.07) is 3.42. The SMILES string of the molecule is Cc1ccc(C(C)NC(=O)[C@H]2CC(C)C[C@H]2C(=O)O)o1. The van der Waals surface area contributed by atoms with Crippen molar-refractivity contribution in [3.05, 3.63) is 23.7 Å². The first-order chi connectivity index (χ1) is 9.38. The molecule has 0 aliphatic heterocycles. The molecule has 0 radical (unpaired) electrons. The molecule has 4 atom stereocenters. The first-order valence-corrected chi connectivity index (χ1v) is 6.98. The van der Waals surface area contributed by atoms with Gasteiger partial charge in [-0.3, -0.25) is 9.59 Å². The number of carbonyl (C=O) groups is 2. The van der Waals surface area contributed by atoms with Crippen molar-refractivity contribution in [2.45, 2.75) is 39.7 Å². The van der Waals surface area contributed by atoms with E-state index >= 15 is 0 Å². The second-order valence-electron chi connectivity index (χ2n) is 5.81. The largest absolute Gasteiger partial charge is 0.481 e. The normalized spacial score (nSPS) is 27.2. The number of carboxylic acid groups (broad SMARTS) is 1. The number of rotatable bonds is 4. The molecule has 0 saturated heterocycles. The highest BCUT2D eigenvalue weighted by atomic mass is 16.4. The summed E-state index contributed by atoms with van der Waals surface area (Å²) in [6.45, 7) is 5.67. The van der Waals surface area contributed by atoms with Crippen LogP contribution in [0.25, 0.3) is 0 Å². The Kier molecular flexibility index (Phi) is 4.16. The van der Waals surface area contributed by atoms with Gasteiger partial charge in [-0.2, -0.15) is 0 Å². The molecule has 1 aliphatic carbocycles. The van der Waals surface area contributed by atoms with Crippen LogP contribution in [0.5, 0.6) is 0 Å². The fourth-order valence-corrected chi connectivity index (χ4v) is 2.93. The number of furan rings is 1. The number of aliphatic carboxylic acids is 1. The van der Waals surface area contributed by atoms with Crippen LogP contribution in [0.1, 0.15) is 44.3 Å². The number of carbonyl (C=O) groups excluding carboxylic acids is 1. The molecule has 0 aromatic carbocycles. The van der Waals surface area contributed by atoms with Crippen molar-refractivity contribution in [1.82, 2.24) is 5.32 Å². The van der Waals surface area contributed by atoms with Gasteiger partial charge in [0.25, 0.3) is 0 Å². The van der Waals surface area contributed by atoms with Gasteiger partial charge < -0.3 is 14.8 Å². The minimum absolute atomic E-state index is 0.191. The average molecular weight is 279 g/mol. The number of aryl methyl sites for hydroxylation is 1. The fourth-order valence-electron chi connectivity index (χ4n) is 2.93. The van der Waals surface area contributed by atoms with Gasteiger partial charge in [-0.1, -0.05) is 6.92 Å². The summed E-state index contributed by atoms with van der Waals surface area (Å²) in [5.41, 5.74) is 0. The van der Waals surface area contributed by atoms with Crippen molar-refractivity contribution >= 4 is 11.9 Å². The molecule has 1 amide bonds. The quantitative estimate of drug-likeness (QED) is 0.887. The molecule has 0 bridgehead atoms. The Bertz CT molecular complexity index is 508. The van der Waals surface area contributed by atoms with Crippen molar-refractivity contribution < 1.29 is 19.1 Å². The molecule has 1 aromatic rings. The Hall–Kier alpha value is -1.78. The zero-order chi connectivity index (χ0) is 14.9. The van der Waals surface area contributed by atoms with E-state index in [2.05, 4.69) is 5.32 Å². The first-order valence-electron chi connectivity index (χ1n) is 6.98. The maximum atomic E-state index is 12.3. The minimum atomic E-state index is -0.879. The molecule has 5 nitrogen and oxygen atoms in total. The molecule has 1 aliphatic rings. The smallest absolute Gasteiger partial charge is 0.307 e. The molecule has 0 spiro atoms. The van der Waals surface area contributed by atoms with Crippen molar-refractivity contribution in [1.29, 1.82) is 0 Å². The van der Waals surface area contributed by atoms with Gasteiger partial charge in [0.15, 0.2) is 0 Å². The van der Waals surface area contributed by atoms with Gasteiger partial charge in [0.2, 0.25) is 5.91 Å². The molecular weight excluding hydrogens is 258 g/mol. The molecule has 2 N–H and O–H groups in total. The summed E-state index contributed by atoms with van der Waals surface area (Å²) in [5, 5.41) is 12.1. The molecular formula is C15H21NO4. The summed E-state index contributed by atoms with van der Waals surface area (Å²) in [5.74, 6) is -0.336. The van der Waals surface area contributed by atoms with Crippen LogP contribution in [0.4, 0.5) is 0 Å². The first kappa shape index (κ1) is 14.6. The molecule has 2 unspecified atom stereocenters. The topological polar surface area (TPSA) is 79.5 Å². The van der Waals surface area contributed by atoms with Crippen LogP contribution in [0.3, 0.4) is 0 Å². The lowest BCUT2D eigenvalue weighted by molar-refractivity contribution is -0.146. The fraction of sp³-hybridized carbons (Fsp3) is 0.600. The number of nitrogens with one attached hydrogen (secondary N) is 1. The highest BCUT2D eigenvalue weighted by Crippen LogP contribution is 2.36. The lowest BCUT2D eigenvalue weighted by Crippen LogP contribution is -2.36. The number of hydrogen-bond donors (Lipinski definition) is 2. The van der Waals surface area contributed by atoms with Crippen LogP contribution in [0, 0.1) is 24.7 Å². The molecule has 1 fully saturated rings. The molecule has 1 saturated carbocycles. The van der Waals surface area contributed by atoms with Crippen molar-refractivity contribution in [3.63, 3.8) is 0 Å². The summed E-state index contributed by atoms with van der Waals surface area (Å²) in [4.78, 5) is 23.5. The van der Waals surface area contributed by atoms with E-state index in [0.29, 0.717) is 18.6 Å². The van der Waals surface area contributed by atoms with Gasteiger partial charge in [0, 0.05) is 0 Å². The maximum absolute atomic E-state index is 12.3. The summed E-state index contributed by atoms with van der Waals surface area (Å²) in [7, 11) is 0. The lowest BCUT2D eigenvalue weighted by atomic mass is 9.95. The van der Waals surface area contributed by atoms with E-state index in [1.807, 2.05) is 32.9 Å². The zero-order valence-electron chi connectivity index (χ0n) is 12.1. The Morgan fingerprint density at radius 3 is 2.55 bits per heavy atom. The van der Waals surface area contributed by atoms with Crippen LogP contribution in [0.2, 0.25) is 0 Å². The Balaban J connectivity index is 2.02. The van der Waals surface area contributed by atoms with E-state index in [-0.39, 0.29) is 17.9 Å². The Morgan fingerprint density at radius 2 is 2.00 bits per heavy atom. The molecule has 110 valence electrons. The van der Waals surface area contributed by atoms with E-state index in [4.69, 9.17) is 4.42 Å². The highest BCUT2D eigenvalue weighted by molar-refractivity contribution is 5.85. The molecule has 20 heavy (non-hydrogen) atoms. The predicted molar refractivity (Wildman–Crippen MR) is 73.0 cm³/mol. The van der Waals surface area contributed by atoms with Crippen molar-refractivity contribution in [2.75, 3.05) is 0 Å². The van der Waals surface area contributed by atoms with Crippen LogP contribution >= 0.6 is 0 Å². The Morgan fingerprint density at radius 1 is 1.35 bits per heavy atom. The van der Waals surface area contributed by atoms with Gasteiger partial charge in [0.1, 0.15) is 11.5 Å². The van der Waals surface area contributed by atoms with Crippen LogP contribution < -0.4 is 5.32 Å². The van der Waals surface area contributed by atoms with Gasteiger partial charge in [0.05, 0.1) is 17.9 Å². The average Bonchev–Trinajstić information content (AvgIpc) is 2.95. The van der Waals surface area contributed by atoms with E-state index in [0.717, 1.165) is 5.76 Å². The van der Waals surface area contributed by atoms with E-state index in [1.165, 1.54) is 0 Å². The van der Waals surface area contributed by atoms with E-state index in [1.54, 1.807) is 0 Å². The monoisotopic (exact) mass is 279 g/mol. The predicted octanol–water partition coefficient (Wildman–Crippen LogP) is 2.51. The van der Waals surface area contributed by atoms with Crippen LogP contribution in [0.15, 0.2) is 16.5 Å². The van der Waals surface area contributed by atoms with E-state index in [9.17, 15) is 14.7 Å². The third-order valence-corrected chi connectivity index (χ3v) is 4.00. The van der Waals surface area contributed by atoms with Crippen molar-refractivity contribution in [3.8, 4) is 0 Å². The van der Waals surface area contributed by atoms with E-state index < -0.39 is 17.8 Å². The molecule has 1 heterocycles. The second-order valence-corrected chi connectivity index (χ2v) is 5.81. The summed E-state index contributed by atoms with van der Waals surface area (Å²) < 4.78 is 5.47. The number of carboxylic acids is 1. The van der Waals surface area contributed by atoms with Gasteiger partial charge >= 0.3 is 5.97 Å². The third kappa shape index (κ3) is 3.03. The third-order valence-electron chi connectivity index (χ3n) is 4.00. The standard InChI is InChI=1S/C15H21NO4/c1-8-6-11(12(7-8)15(18)19)14(17)16-10(3)13-5-4-9(2)20-13/h4-5,8,10-12H,6-7H2,1-3H3,(H,16,17)(H,18,19)/t8?,10?,11-,12+/m0/s1. The number of hydrogen-bond acceptors (Lipinski definition) is 3.